The van der Waals surface area contributed by atoms with Crippen LogP contribution in [-0.4, -0.2) is 29.3 Å². The molecule has 0 radical (unpaired) electrons. The molecule has 5 heteroatoms. The van der Waals surface area contributed by atoms with E-state index in [1.807, 2.05) is 17.9 Å². The highest BCUT2D eigenvalue weighted by molar-refractivity contribution is 7.14. The standard InChI is InChI=1S/C15H22N2O2S/c1-3-12-10(2)8-13(20-12)15(19)17-7-5-4-6-11(17)9-14(16)18/h8,11H,3-7,9H2,1-2H3,(H2,16,18)/t11-/m0/s1. The van der Waals surface area contributed by atoms with Crippen LogP contribution in [0.15, 0.2) is 6.07 Å². The Balaban J connectivity index is 2.18. The molecular weight excluding hydrogens is 272 g/mol. The number of carbonyl (C=O) groups is 2. The third-order valence-electron chi connectivity index (χ3n) is 3.88. The Kier molecular flexibility index (Phi) is 4.81. The van der Waals surface area contributed by atoms with Gasteiger partial charge in [-0.1, -0.05) is 6.92 Å². The van der Waals surface area contributed by atoms with E-state index >= 15 is 0 Å². The summed E-state index contributed by atoms with van der Waals surface area (Å²) in [6.45, 7) is 4.88. The minimum Gasteiger partial charge on any atom is -0.370 e. The van der Waals surface area contributed by atoms with Crippen LogP contribution in [0.3, 0.4) is 0 Å². The maximum Gasteiger partial charge on any atom is 0.264 e. The summed E-state index contributed by atoms with van der Waals surface area (Å²) < 4.78 is 0. The van der Waals surface area contributed by atoms with Crippen molar-refractivity contribution in [2.45, 2.75) is 52.0 Å². The summed E-state index contributed by atoms with van der Waals surface area (Å²) in [7, 11) is 0. The third kappa shape index (κ3) is 3.20. The van der Waals surface area contributed by atoms with Gasteiger partial charge in [-0.15, -0.1) is 11.3 Å². The van der Waals surface area contributed by atoms with E-state index in [0.717, 1.165) is 37.1 Å². The smallest absolute Gasteiger partial charge is 0.264 e. The lowest BCUT2D eigenvalue weighted by atomic mass is 9.99. The van der Waals surface area contributed by atoms with Crippen LogP contribution in [0.1, 0.15) is 52.7 Å². The summed E-state index contributed by atoms with van der Waals surface area (Å²) in [5.41, 5.74) is 6.48. The Morgan fingerprint density at radius 2 is 2.20 bits per heavy atom. The molecular formula is C15H22N2O2S. The molecule has 0 aromatic carbocycles. The molecule has 0 unspecified atom stereocenters. The fourth-order valence-corrected chi connectivity index (χ4v) is 3.90. The van der Waals surface area contributed by atoms with Crippen LogP contribution in [0, 0.1) is 6.92 Å². The number of primary amides is 1. The van der Waals surface area contributed by atoms with E-state index in [2.05, 4.69) is 6.92 Å². The van der Waals surface area contributed by atoms with Gasteiger partial charge in [0.1, 0.15) is 0 Å². The summed E-state index contributed by atoms with van der Waals surface area (Å²) in [6, 6.07) is 1.95. The number of nitrogens with zero attached hydrogens (tertiary/aromatic N) is 1. The van der Waals surface area contributed by atoms with Crippen molar-refractivity contribution in [3.8, 4) is 0 Å². The van der Waals surface area contributed by atoms with Gasteiger partial charge in [0.25, 0.3) is 5.91 Å². The predicted molar refractivity (Wildman–Crippen MR) is 80.9 cm³/mol. The monoisotopic (exact) mass is 294 g/mol. The largest absolute Gasteiger partial charge is 0.370 e. The fraction of sp³-hybridized carbons (Fsp3) is 0.600. The molecule has 1 fully saturated rings. The molecule has 1 aromatic heterocycles. The Morgan fingerprint density at radius 1 is 1.45 bits per heavy atom. The molecule has 1 aliphatic heterocycles. The summed E-state index contributed by atoms with van der Waals surface area (Å²) in [5, 5.41) is 0. The highest BCUT2D eigenvalue weighted by Gasteiger charge is 2.29. The molecule has 2 amide bonds. The van der Waals surface area contributed by atoms with Crippen LogP contribution >= 0.6 is 11.3 Å². The lowest BCUT2D eigenvalue weighted by Gasteiger charge is -2.34. The number of rotatable bonds is 4. The van der Waals surface area contributed by atoms with E-state index in [0.29, 0.717) is 0 Å². The first kappa shape index (κ1) is 15.0. The molecule has 1 aliphatic rings. The van der Waals surface area contributed by atoms with Gasteiger partial charge in [0.2, 0.25) is 5.91 Å². The predicted octanol–water partition coefficient (Wildman–Crippen LogP) is 2.49. The average molecular weight is 294 g/mol. The molecule has 0 saturated carbocycles. The van der Waals surface area contributed by atoms with E-state index < -0.39 is 0 Å². The van der Waals surface area contributed by atoms with Gasteiger partial charge in [-0.2, -0.15) is 0 Å². The first-order valence-corrected chi connectivity index (χ1v) is 8.03. The molecule has 1 saturated heterocycles. The van der Waals surface area contributed by atoms with Gasteiger partial charge in [-0.25, -0.2) is 0 Å². The zero-order valence-corrected chi connectivity index (χ0v) is 13.0. The Hall–Kier alpha value is -1.36. The second-order valence-electron chi connectivity index (χ2n) is 5.39. The number of hydrogen-bond acceptors (Lipinski definition) is 3. The summed E-state index contributed by atoms with van der Waals surface area (Å²) in [5.74, 6) is -0.268. The number of hydrogen-bond donors (Lipinski definition) is 1. The molecule has 1 atom stereocenters. The number of nitrogens with two attached hydrogens (primary N) is 1. The fourth-order valence-electron chi connectivity index (χ4n) is 2.83. The molecule has 2 heterocycles. The van der Waals surface area contributed by atoms with Crippen molar-refractivity contribution in [1.82, 2.24) is 4.90 Å². The van der Waals surface area contributed by atoms with Crippen molar-refractivity contribution in [2.24, 2.45) is 5.73 Å². The molecule has 110 valence electrons. The minimum absolute atomic E-state index is 0.0266. The number of aryl methyl sites for hydroxylation is 2. The van der Waals surface area contributed by atoms with Gasteiger partial charge in [-0.05, 0) is 44.2 Å². The quantitative estimate of drug-likeness (QED) is 0.927. The highest BCUT2D eigenvalue weighted by atomic mass is 32.1. The van der Waals surface area contributed by atoms with Gasteiger partial charge in [-0.3, -0.25) is 9.59 Å². The number of piperidine rings is 1. The number of carbonyl (C=O) groups excluding carboxylic acids is 2. The molecule has 2 N–H and O–H groups in total. The van der Waals surface area contributed by atoms with Gasteiger partial charge in [0.05, 0.1) is 4.88 Å². The molecule has 0 aliphatic carbocycles. The van der Waals surface area contributed by atoms with Gasteiger partial charge in [0.15, 0.2) is 0 Å². The first-order chi connectivity index (χ1) is 9.52. The number of thiophene rings is 1. The summed E-state index contributed by atoms with van der Waals surface area (Å²) in [6.07, 6.45) is 4.17. The number of likely N-dealkylation sites (tertiary alicyclic amines) is 1. The van der Waals surface area contributed by atoms with E-state index in [9.17, 15) is 9.59 Å². The van der Waals surface area contributed by atoms with Gasteiger partial charge < -0.3 is 10.6 Å². The lowest BCUT2D eigenvalue weighted by Crippen LogP contribution is -2.45. The Bertz CT molecular complexity index is 510. The van der Waals surface area contributed by atoms with Crippen molar-refractivity contribution in [1.29, 1.82) is 0 Å². The highest BCUT2D eigenvalue weighted by Crippen LogP contribution is 2.27. The zero-order valence-electron chi connectivity index (χ0n) is 12.1. The summed E-state index contributed by atoms with van der Waals surface area (Å²) in [4.78, 5) is 27.7. The van der Waals surface area contributed by atoms with E-state index in [1.54, 1.807) is 11.3 Å². The van der Waals surface area contributed by atoms with Crippen LogP contribution in [0.4, 0.5) is 0 Å². The SMILES string of the molecule is CCc1sc(C(=O)N2CCCC[C@H]2CC(N)=O)cc1C. The van der Waals surface area contributed by atoms with Crippen LogP contribution in [0.25, 0.3) is 0 Å². The number of amides is 2. The van der Waals surface area contributed by atoms with Crippen LogP contribution in [0.5, 0.6) is 0 Å². The first-order valence-electron chi connectivity index (χ1n) is 7.21. The minimum atomic E-state index is -0.327. The van der Waals surface area contributed by atoms with Crippen molar-refractivity contribution in [2.75, 3.05) is 6.54 Å². The van der Waals surface area contributed by atoms with Gasteiger partial charge >= 0.3 is 0 Å². The van der Waals surface area contributed by atoms with Gasteiger partial charge in [0, 0.05) is 23.9 Å². The Morgan fingerprint density at radius 3 is 2.80 bits per heavy atom. The second kappa shape index (κ2) is 6.39. The lowest BCUT2D eigenvalue weighted by molar-refractivity contribution is -0.119. The van der Waals surface area contributed by atoms with E-state index in [-0.39, 0.29) is 24.3 Å². The second-order valence-corrected chi connectivity index (χ2v) is 6.53. The third-order valence-corrected chi connectivity index (χ3v) is 5.25. The topological polar surface area (TPSA) is 63.4 Å². The zero-order chi connectivity index (χ0) is 14.7. The normalized spacial score (nSPS) is 19.1. The maximum atomic E-state index is 12.7. The van der Waals surface area contributed by atoms with Crippen LogP contribution in [0.2, 0.25) is 0 Å². The summed E-state index contributed by atoms with van der Waals surface area (Å²) >= 11 is 1.57. The molecule has 2 rings (SSSR count). The van der Waals surface area contributed by atoms with Crippen molar-refractivity contribution in [3.63, 3.8) is 0 Å². The average Bonchev–Trinajstić information content (AvgIpc) is 2.79. The van der Waals surface area contributed by atoms with E-state index in [1.165, 1.54) is 10.4 Å². The van der Waals surface area contributed by atoms with Crippen molar-refractivity contribution in [3.05, 3.63) is 21.4 Å². The molecule has 4 nitrogen and oxygen atoms in total. The molecule has 0 bridgehead atoms. The molecule has 1 aromatic rings. The maximum absolute atomic E-state index is 12.7. The Labute approximate surface area is 124 Å². The van der Waals surface area contributed by atoms with Crippen molar-refractivity contribution >= 4 is 23.2 Å². The van der Waals surface area contributed by atoms with Crippen molar-refractivity contribution < 1.29 is 9.59 Å². The van der Waals surface area contributed by atoms with E-state index in [4.69, 9.17) is 5.73 Å². The molecule has 0 spiro atoms. The molecule has 20 heavy (non-hydrogen) atoms. The van der Waals surface area contributed by atoms with Crippen LogP contribution < -0.4 is 5.73 Å². The van der Waals surface area contributed by atoms with Crippen LogP contribution in [-0.2, 0) is 11.2 Å².